The first-order valence-electron chi connectivity index (χ1n) is 9.44. The van der Waals surface area contributed by atoms with Gasteiger partial charge >= 0.3 is 0 Å². The molecule has 0 fully saturated rings. The van der Waals surface area contributed by atoms with Crippen molar-refractivity contribution in [1.82, 2.24) is 5.48 Å². The minimum absolute atomic E-state index is 0.0517. The van der Waals surface area contributed by atoms with Gasteiger partial charge in [-0.25, -0.2) is 5.48 Å². The first kappa shape index (κ1) is 24.3. The fourth-order valence-corrected chi connectivity index (χ4v) is 2.32. The van der Waals surface area contributed by atoms with Gasteiger partial charge in [-0.1, -0.05) is 74.8 Å². The predicted octanol–water partition coefficient (Wildman–Crippen LogP) is 4.23. The lowest BCUT2D eigenvalue weighted by atomic mass is 10.1. The number of ether oxygens (including phenoxy) is 1. The van der Waals surface area contributed by atoms with Crippen LogP contribution in [0.15, 0.2) is 48.6 Å². The molecule has 148 valence electrons. The number of nitrogens with one attached hydrogen (secondary N) is 1. The maximum absolute atomic E-state index is 10.9. The third kappa shape index (κ3) is 15.8. The molecule has 0 spiro atoms. The summed E-state index contributed by atoms with van der Waals surface area (Å²) in [5.41, 5.74) is 1.62. The van der Waals surface area contributed by atoms with Crippen LogP contribution in [0.2, 0.25) is 0 Å². The van der Waals surface area contributed by atoms with E-state index in [1.54, 1.807) is 12.6 Å². The van der Waals surface area contributed by atoms with Crippen molar-refractivity contribution in [3.05, 3.63) is 48.6 Å². The Kier molecular flexibility index (Phi) is 16.9. The standard InChI is InChI=1S/C21H35NO4/c1-3-4-10-14-19(23)15-11-8-6-5-7-9-12-16-20(26-2)17-13-18-21(24)22-25/h5-9,11-12,16,19-20,23,25H,3-4,10,13-15,17-18H2,1-2H3,(H,22,24)/b6-5+,9-7-,11-8+,16-12+/t19-,20-/m1/s1. The summed E-state index contributed by atoms with van der Waals surface area (Å²) in [4.78, 5) is 10.9. The molecule has 26 heavy (non-hydrogen) atoms. The van der Waals surface area contributed by atoms with Crippen molar-refractivity contribution in [2.75, 3.05) is 7.11 Å². The number of hydroxylamine groups is 1. The number of allylic oxidation sites excluding steroid dienone is 6. The van der Waals surface area contributed by atoms with E-state index in [1.807, 2.05) is 48.6 Å². The molecule has 0 saturated heterocycles. The molecule has 2 atom stereocenters. The Bertz CT molecular complexity index is 455. The molecule has 0 aromatic heterocycles. The molecular weight excluding hydrogens is 330 g/mol. The summed E-state index contributed by atoms with van der Waals surface area (Å²) in [6.45, 7) is 2.16. The van der Waals surface area contributed by atoms with Gasteiger partial charge in [0.25, 0.3) is 0 Å². The largest absolute Gasteiger partial charge is 0.393 e. The molecule has 3 N–H and O–H groups in total. The maximum Gasteiger partial charge on any atom is 0.243 e. The molecule has 0 aliphatic heterocycles. The quantitative estimate of drug-likeness (QED) is 0.176. The minimum Gasteiger partial charge on any atom is -0.393 e. The highest BCUT2D eigenvalue weighted by Crippen LogP contribution is 2.07. The van der Waals surface area contributed by atoms with Gasteiger partial charge in [0.2, 0.25) is 5.91 Å². The molecule has 0 aliphatic carbocycles. The van der Waals surface area contributed by atoms with Crippen molar-refractivity contribution in [3.8, 4) is 0 Å². The van der Waals surface area contributed by atoms with E-state index in [2.05, 4.69) is 6.92 Å². The van der Waals surface area contributed by atoms with Gasteiger partial charge in [-0.3, -0.25) is 10.0 Å². The Morgan fingerprint density at radius 3 is 2.38 bits per heavy atom. The first-order valence-corrected chi connectivity index (χ1v) is 9.44. The lowest BCUT2D eigenvalue weighted by molar-refractivity contribution is -0.129. The van der Waals surface area contributed by atoms with Crippen LogP contribution in [0.1, 0.15) is 58.3 Å². The lowest BCUT2D eigenvalue weighted by Crippen LogP contribution is -2.18. The smallest absolute Gasteiger partial charge is 0.243 e. The SMILES string of the molecule is CCCCC[C@@H](O)C/C=C/C=C/C=C\C=C\[C@H](CCCC(=O)NO)OC. The normalized spacial score (nSPS) is 14.8. The minimum atomic E-state index is -0.379. The Labute approximate surface area is 158 Å². The number of amides is 1. The Hall–Kier alpha value is -1.69. The van der Waals surface area contributed by atoms with Crippen LogP contribution >= 0.6 is 0 Å². The summed E-state index contributed by atoms with van der Waals surface area (Å²) in [7, 11) is 1.63. The molecule has 0 saturated carbocycles. The monoisotopic (exact) mass is 365 g/mol. The number of rotatable bonds is 15. The predicted molar refractivity (Wildman–Crippen MR) is 106 cm³/mol. The molecule has 0 bridgehead atoms. The number of hydrogen-bond donors (Lipinski definition) is 3. The van der Waals surface area contributed by atoms with E-state index in [1.165, 1.54) is 12.8 Å². The molecule has 1 amide bonds. The van der Waals surface area contributed by atoms with E-state index >= 15 is 0 Å². The van der Waals surface area contributed by atoms with Crippen LogP contribution < -0.4 is 5.48 Å². The average Bonchev–Trinajstić information content (AvgIpc) is 2.65. The van der Waals surface area contributed by atoms with E-state index < -0.39 is 0 Å². The lowest BCUT2D eigenvalue weighted by Gasteiger charge is -2.09. The van der Waals surface area contributed by atoms with Crippen LogP contribution in [0, 0.1) is 0 Å². The fourth-order valence-electron chi connectivity index (χ4n) is 2.32. The first-order chi connectivity index (χ1) is 12.6. The third-order valence-electron chi connectivity index (χ3n) is 3.89. The zero-order chi connectivity index (χ0) is 19.5. The van der Waals surface area contributed by atoms with E-state index in [0.717, 1.165) is 12.8 Å². The summed E-state index contributed by atoms with van der Waals surface area (Å²) in [5.74, 6) is -0.379. The van der Waals surface area contributed by atoms with Crippen molar-refractivity contribution >= 4 is 5.91 Å². The van der Waals surface area contributed by atoms with Crippen molar-refractivity contribution < 1.29 is 19.8 Å². The zero-order valence-corrected chi connectivity index (χ0v) is 16.1. The van der Waals surface area contributed by atoms with E-state index in [-0.39, 0.29) is 24.5 Å². The number of hydrogen-bond acceptors (Lipinski definition) is 4. The fraction of sp³-hybridized carbons (Fsp3) is 0.571. The Balaban J connectivity index is 3.93. The molecule has 0 unspecified atom stereocenters. The highest BCUT2D eigenvalue weighted by atomic mass is 16.5. The molecule has 0 aromatic rings. The van der Waals surface area contributed by atoms with Gasteiger partial charge in [0, 0.05) is 13.5 Å². The van der Waals surface area contributed by atoms with Gasteiger partial charge in [0.15, 0.2) is 0 Å². The molecule has 0 heterocycles. The second-order valence-electron chi connectivity index (χ2n) is 6.17. The van der Waals surface area contributed by atoms with E-state index in [4.69, 9.17) is 9.94 Å². The number of unbranched alkanes of at least 4 members (excludes halogenated alkanes) is 2. The van der Waals surface area contributed by atoms with Gasteiger partial charge in [-0.15, -0.1) is 0 Å². The topological polar surface area (TPSA) is 78.8 Å². The summed E-state index contributed by atoms with van der Waals surface area (Å²) in [6.07, 6.45) is 21.8. The van der Waals surface area contributed by atoms with Crippen molar-refractivity contribution in [2.24, 2.45) is 0 Å². The highest BCUT2D eigenvalue weighted by molar-refractivity contribution is 5.74. The highest BCUT2D eigenvalue weighted by Gasteiger charge is 2.04. The van der Waals surface area contributed by atoms with E-state index in [0.29, 0.717) is 19.3 Å². The maximum atomic E-state index is 10.9. The third-order valence-corrected chi connectivity index (χ3v) is 3.89. The number of methoxy groups -OCH3 is 1. The van der Waals surface area contributed by atoms with Crippen LogP contribution in [-0.2, 0) is 9.53 Å². The molecule has 0 rings (SSSR count). The Morgan fingerprint density at radius 1 is 1.04 bits per heavy atom. The van der Waals surface area contributed by atoms with Crippen LogP contribution in [0.5, 0.6) is 0 Å². The Morgan fingerprint density at radius 2 is 1.73 bits per heavy atom. The number of carbonyl (C=O) groups is 1. The van der Waals surface area contributed by atoms with E-state index in [9.17, 15) is 9.90 Å². The van der Waals surface area contributed by atoms with Gasteiger partial charge in [0.1, 0.15) is 0 Å². The summed E-state index contributed by atoms with van der Waals surface area (Å²) < 4.78 is 5.32. The summed E-state index contributed by atoms with van der Waals surface area (Å²) in [5, 5.41) is 18.2. The second-order valence-corrected chi connectivity index (χ2v) is 6.17. The summed E-state index contributed by atoms with van der Waals surface area (Å²) in [6, 6.07) is 0. The molecule has 0 aliphatic rings. The van der Waals surface area contributed by atoms with Gasteiger partial charge < -0.3 is 9.84 Å². The van der Waals surface area contributed by atoms with Crippen molar-refractivity contribution in [2.45, 2.75) is 70.5 Å². The van der Waals surface area contributed by atoms with Gasteiger partial charge in [-0.05, 0) is 25.7 Å². The van der Waals surface area contributed by atoms with Crippen LogP contribution in [-0.4, -0.2) is 35.5 Å². The summed E-state index contributed by atoms with van der Waals surface area (Å²) >= 11 is 0. The zero-order valence-electron chi connectivity index (χ0n) is 16.1. The van der Waals surface area contributed by atoms with Crippen LogP contribution in [0.4, 0.5) is 0 Å². The van der Waals surface area contributed by atoms with Crippen molar-refractivity contribution in [1.29, 1.82) is 0 Å². The van der Waals surface area contributed by atoms with Gasteiger partial charge in [0.05, 0.1) is 12.2 Å². The second kappa shape index (κ2) is 18.1. The number of carbonyl (C=O) groups excluding carboxylic acids is 1. The van der Waals surface area contributed by atoms with Crippen LogP contribution in [0.3, 0.4) is 0 Å². The molecule has 5 nitrogen and oxygen atoms in total. The average molecular weight is 366 g/mol. The molecular formula is C21H35NO4. The molecule has 0 radical (unpaired) electrons. The number of aliphatic hydroxyl groups is 1. The van der Waals surface area contributed by atoms with Crippen LogP contribution in [0.25, 0.3) is 0 Å². The molecule has 5 heteroatoms. The van der Waals surface area contributed by atoms with Crippen molar-refractivity contribution in [3.63, 3.8) is 0 Å². The number of aliphatic hydroxyl groups excluding tert-OH is 1. The molecule has 0 aromatic carbocycles. The van der Waals surface area contributed by atoms with Gasteiger partial charge in [-0.2, -0.15) is 0 Å².